The first-order chi connectivity index (χ1) is 3.72. The van der Waals surface area contributed by atoms with Crippen molar-refractivity contribution in [2.75, 3.05) is 5.88 Å². The summed E-state index contributed by atoms with van der Waals surface area (Å²) in [6.45, 7) is 3.51. The lowest BCUT2D eigenvalue weighted by Crippen LogP contribution is -1.85. The Morgan fingerprint density at radius 1 is 1.62 bits per heavy atom. The minimum Gasteiger partial charge on any atom is -0.285 e. The van der Waals surface area contributed by atoms with Crippen LogP contribution >= 0.6 is 11.6 Å². The van der Waals surface area contributed by atoms with Crippen LogP contribution in [0.1, 0.15) is 13.8 Å². The van der Waals surface area contributed by atoms with E-state index in [-0.39, 0.29) is 0 Å². The van der Waals surface area contributed by atoms with Crippen molar-refractivity contribution in [3.63, 3.8) is 0 Å². The molecule has 0 amide bonds. The summed E-state index contributed by atoms with van der Waals surface area (Å²) in [5, 5.41) is 0. The van der Waals surface area contributed by atoms with Gasteiger partial charge in [-0.05, 0) is 13.8 Å². The van der Waals surface area contributed by atoms with E-state index >= 15 is 0 Å². The molecule has 0 aliphatic rings. The SMILES string of the molecule is CC([C]=O)=C(C)CCl. The van der Waals surface area contributed by atoms with E-state index in [0.29, 0.717) is 11.5 Å². The first kappa shape index (κ1) is 7.70. The van der Waals surface area contributed by atoms with Crippen LogP contribution in [-0.4, -0.2) is 12.2 Å². The summed E-state index contributed by atoms with van der Waals surface area (Å²) >= 11 is 5.39. The van der Waals surface area contributed by atoms with Gasteiger partial charge in [0.25, 0.3) is 0 Å². The van der Waals surface area contributed by atoms with E-state index < -0.39 is 0 Å². The van der Waals surface area contributed by atoms with Crippen LogP contribution in [0, 0.1) is 0 Å². The van der Waals surface area contributed by atoms with Crippen molar-refractivity contribution in [2.24, 2.45) is 0 Å². The Hall–Kier alpha value is -0.300. The van der Waals surface area contributed by atoms with E-state index in [1.165, 1.54) is 0 Å². The molecular formula is C6H8ClO. The molecule has 0 aromatic rings. The van der Waals surface area contributed by atoms with Gasteiger partial charge in [-0.25, -0.2) is 0 Å². The zero-order valence-corrected chi connectivity index (χ0v) is 5.75. The van der Waals surface area contributed by atoms with Gasteiger partial charge in [0, 0.05) is 11.5 Å². The Morgan fingerprint density at radius 3 is 2.25 bits per heavy atom. The fraction of sp³-hybridized carbons (Fsp3) is 0.500. The maximum atomic E-state index is 9.86. The van der Waals surface area contributed by atoms with Crippen LogP contribution in [0.2, 0.25) is 0 Å². The van der Waals surface area contributed by atoms with E-state index in [2.05, 4.69) is 0 Å². The molecular weight excluding hydrogens is 124 g/mol. The van der Waals surface area contributed by atoms with E-state index in [1.54, 1.807) is 13.2 Å². The summed E-state index contributed by atoms with van der Waals surface area (Å²) in [4.78, 5) is 9.86. The lowest BCUT2D eigenvalue weighted by atomic mass is 10.2. The van der Waals surface area contributed by atoms with Gasteiger partial charge in [0.2, 0.25) is 6.29 Å². The van der Waals surface area contributed by atoms with Crippen LogP contribution in [0.3, 0.4) is 0 Å². The highest BCUT2D eigenvalue weighted by Gasteiger charge is 1.91. The van der Waals surface area contributed by atoms with Crippen LogP contribution in [0.4, 0.5) is 0 Å². The average molecular weight is 132 g/mol. The monoisotopic (exact) mass is 131 g/mol. The predicted octanol–water partition coefficient (Wildman–Crippen LogP) is 1.67. The van der Waals surface area contributed by atoms with E-state index in [9.17, 15) is 4.79 Å². The minimum atomic E-state index is 0.418. The summed E-state index contributed by atoms with van der Waals surface area (Å²) in [6, 6.07) is 0. The third-order valence-electron chi connectivity index (χ3n) is 0.994. The van der Waals surface area contributed by atoms with Gasteiger partial charge in [-0.1, -0.05) is 5.57 Å². The fourth-order valence-electron chi connectivity index (χ4n) is 0.187. The van der Waals surface area contributed by atoms with Crippen molar-refractivity contribution >= 4 is 17.9 Å². The van der Waals surface area contributed by atoms with E-state index in [1.807, 2.05) is 6.92 Å². The zero-order valence-electron chi connectivity index (χ0n) is 4.99. The summed E-state index contributed by atoms with van der Waals surface area (Å²) in [7, 11) is 0. The maximum absolute atomic E-state index is 9.86. The molecule has 0 saturated carbocycles. The number of hydrogen-bond donors (Lipinski definition) is 0. The first-order valence-electron chi connectivity index (χ1n) is 2.32. The molecule has 0 aliphatic carbocycles. The minimum absolute atomic E-state index is 0.418. The second-order valence-electron chi connectivity index (χ2n) is 1.64. The highest BCUT2D eigenvalue weighted by atomic mass is 35.5. The molecule has 2 heteroatoms. The lowest BCUT2D eigenvalue weighted by Gasteiger charge is -1.91. The number of halogens is 1. The van der Waals surface area contributed by atoms with Gasteiger partial charge in [-0.2, -0.15) is 0 Å². The van der Waals surface area contributed by atoms with Crippen LogP contribution in [0.5, 0.6) is 0 Å². The van der Waals surface area contributed by atoms with Crippen LogP contribution in [-0.2, 0) is 4.79 Å². The third-order valence-corrected chi connectivity index (χ3v) is 1.39. The number of alkyl halides is 1. The first-order valence-corrected chi connectivity index (χ1v) is 2.86. The molecule has 0 aliphatic heterocycles. The maximum Gasteiger partial charge on any atom is 0.228 e. The fourth-order valence-corrected chi connectivity index (χ4v) is 0.388. The van der Waals surface area contributed by atoms with E-state index in [0.717, 1.165) is 5.57 Å². The smallest absolute Gasteiger partial charge is 0.228 e. The molecule has 1 radical (unpaired) electrons. The number of rotatable bonds is 2. The van der Waals surface area contributed by atoms with Crippen LogP contribution < -0.4 is 0 Å². The zero-order chi connectivity index (χ0) is 6.57. The molecule has 0 bridgehead atoms. The van der Waals surface area contributed by atoms with Gasteiger partial charge in [0.05, 0.1) is 0 Å². The predicted molar refractivity (Wildman–Crippen MR) is 34.8 cm³/mol. The topological polar surface area (TPSA) is 17.1 Å². The molecule has 0 unspecified atom stereocenters. The van der Waals surface area contributed by atoms with Crippen molar-refractivity contribution < 1.29 is 4.79 Å². The Bertz CT molecular complexity index is 116. The molecule has 0 aromatic carbocycles. The summed E-state index contributed by atoms with van der Waals surface area (Å²) in [6.07, 6.45) is 1.76. The van der Waals surface area contributed by atoms with Crippen molar-refractivity contribution in [1.82, 2.24) is 0 Å². The molecule has 0 rings (SSSR count). The molecule has 0 atom stereocenters. The highest BCUT2D eigenvalue weighted by Crippen LogP contribution is 2.00. The molecule has 0 N–H and O–H groups in total. The standard InChI is InChI=1S/C6H8ClO/c1-5(3-7)6(2)4-8/h3H2,1-2H3. The van der Waals surface area contributed by atoms with Crippen molar-refractivity contribution in [2.45, 2.75) is 13.8 Å². The number of allylic oxidation sites excluding steroid dienone is 2. The van der Waals surface area contributed by atoms with Gasteiger partial charge in [0.15, 0.2) is 0 Å². The van der Waals surface area contributed by atoms with Crippen molar-refractivity contribution in [3.8, 4) is 0 Å². The molecule has 0 fully saturated rings. The highest BCUT2D eigenvalue weighted by molar-refractivity contribution is 6.19. The Kier molecular flexibility index (Phi) is 3.53. The van der Waals surface area contributed by atoms with Gasteiger partial charge in [-0.3, -0.25) is 4.79 Å². The second-order valence-corrected chi connectivity index (χ2v) is 1.91. The van der Waals surface area contributed by atoms with Crippen molar-refractivity contribution in [1.29, 1.82) is 0 Å². The normalized spacial score (nSPS) is 12.9. The van der Waals surface area contributed by atoms with Crippen molar-refractivity contribution in [3.05, 3.63) is 11.1 Å². The summed E-state index contributed by atoms with van der Waals surface area (Å²) in [5.41, 5.74) is 1.50. The molecule has 0 heterocycles. The van der Waals surface area contributed by atoms with E-state index in [4.69, 9.17) is 11.6 Å². The van der Waals surface area contributed by atoms with Crippen LogP contribution in [0.15, 0.2) is 11.1 Å². The molecule has 0 spiro atoms. The lowest BCUT2D eigenvalue weighted by molar-refractivity contribution is 0.561. The Morgan fingerprint density at radius 2 is 2.12 bits per heavy atom. The molecule has 1 nitrogen and oxygen atoms in total. The van der Waals surface area contributed by atoms with Gasteiger partial charge >= 0.3 is 0 Å². The Balaban J connectivity index is 4.03. The quantitative estimate of drug-likeness (QED) is 0.412. The largest absolute Gasteiger partial charge is 0.285 e. The molecule has 8 heavy (non-hydrogen) atoms. The molecule has 0 saturated heterocycles. The Labute approximate surface area is 54.3 Å². The van der Waals surface area contributed by atoms with Gasteiger partial charge < -0.3 is 0 Å². The van der Waals surface area contributed by atoms with Crippen LogP contribution in [0.25, 0.3) is 0 Å². The summed E-state index contributed by atoms with van der Waals surface area (Å²) < 4.78 is 0. The molecule has 45 valence electrons. The summed E-state index contributed by atoms with van der Waals surface area (Å²) in [5.74, 6) is 0.418. The second kappa shape index (κ2) is 3.67. The number of hydrogen-bond acceptors (Lipinski definition) is 1. The third kappa shape index (κ3) is 2.12. The number of carbonyl (C=O) groups excluding carboxylic acids is 1. The van der Waals surface area contributed by atoms with Gasteiger partial charge in [-0.15, -0.1) is 11.6 Å². The van der Waals surface area contributed by atoms with Gasteiger partial charge in [0.1, 0.15) is 0 Å². The average Bonchev–Trinajstić information content (AvgIpc) is 1.84. The molecule has 0 aromatic heterocycles.